The van der Waals surface area contributed by atoms with Gasteiger partial charge < -0.3 is 64.2 Å². The zero-order valence-electron chi connectivity index (χ0n) is 45.9. The molecule has 0 aliphatic carbocycles. The molecule has 2 saturated heterocycles. The molecule has 0 aromatic heterocycles. The van der Waals surface area contributed by atoms with Gasteiger partial charge in [0.2, 0.25) is 0 Å². The highest BCUT2D eigenvalue weighted by Crippen LogP contribution is 2.27. The number of hydrogen-bond acceptors (Lipinski definition) is 14. The smallest absolute Gasteiger partial charge is 0.306 e. The maximum absolute atomic E-state index is 13.0. The van der Waals surface area contributed by atoms with Crippen LogP contribution in [0.5, 0.6) is 0 Å². The number of aliphatic hydroxyl groups excluding tert-OH is 7. The standard InChI is InChI=1S/C59H108O14/c1-3-5-7-9-11-13-15-17-18-19-20-21-22-23-24-25-26-27-28-29-31-33-35-37-39-41-43-68-45-48(71-51(61)42-40-38-36-34-32-30-16-14-12-10-8-6-4-2)46-69-58-57(67)55(65)53(63)50(73-58)47-70-59-56(66)54(64)52(62)49(44-60)72-59/h15,17,19-20,22-23,48-50,52-60,62-67H,3-14,16,18,21,24-47H2,1-2H3/b17-15-,20-19-,23-22-. The predicted molar refractivity (Wildman–Crippen MR) is 289 cm³/mol. The van der Waals surface area contributed by atoms with Crippen LogP contribution in [0.3, 0.4) is 0 Å². The molecule has 0 amide bonds. The monoisotopic (exact) mass is 1040 g/mol. The lowest BCUT2D eigenvalue weighted by Crippen LogP contribution is -2.61. The van der Waals surface area contributed by atoms with E-state index in [2.05, 4.69) is 50.3 Å². The predicted octanol–water partition coefficient (Wildman–Crippen LogP) is 10.5. The van der Waals surface area contributed by atoms with E-state index in [9.17, 15) is 40.5 Å². The van der Waals surface area contributed by atoms with E-state index in [1.54, 1.807) is 0 Å². The molecule has 0 radical (unpaired) electrons. The molecule has 14 heteroatoms. The van der Waals surface area contributed by atoms with Gasteiger partial charge in [-0.1, -0.05) is 211 Å². The lowest BCUT2D eigenvalue weighted by atomic mass is 9.98. The highest BCUT2D eigenvalue weighted by atomic mass is 16.7. The van der Waals surface area contributed by atoms with E-state index in [0.29, 0.717) is 13.0 Å². The Bertz CT molecular complexity index is 1350. The molecule has 2 aliphatic heterocycles. The van der Waals surface area contributed by atoms with Gasteiger partial charge in [-0.2, -0.15) is 0 Å². The number of rotatable bonds is 48. The Hall–Kier alpha value is -1.79. The van der Waals surface area contributed by atoms with Crippen molar-refractivity contribution in [2.45, 2.75) is 300 Å². The zero-order chi connectivity index (χ0) is 53.0. The zero-order valence-corrected chi connectivity index (χ0v) is 45.9. The molecule has 2 rings (SSSR count). The SMILES string of the molecule is CCCCCCC/C=C\C/C=C\C/C=C\CCCCCCCCCCCCCOCC(COC1OC(COC2OC(CO)C(O)C(O)C2O)C(O)C(O)C1O)OC(=O)CCCCCCCCCCCCCCC. The van der Waals surface area contributed by atoms with Gasteiger partial charge in [-0.15, -0.1) is 0 Å². The van der Waals surface area contributed by atoms with E-state index in [-0.39, 0.29) is 25.6 Å². The average Bonchev–Trinajstić information content (AvgIpc) is 3.39. The average molecular weight is 1040 g/mol. The van der Waals surface area contributed by atoms with Crippen molar-refractivity contribution in [1.82, 2.24) is 0 Å². The summed E-state index contributed by atoms with van der Waals surface area (Å²) in [6.45, 7) is 3.70. The van der Waals surface area contributed by atoms with Crippen molar-refractivity contribution in [3.05, 3.63) is 36.5 Å². The van der Waals surface area contributed by atoms with Crippen LogP contribution >= 0.6 is 0 Å². The molecule has 0 aromatic carbocycles. The van der Waals surface area contributed by atoms with Gasteiger partial charge in [-0.25, -0.2) is 0 Å². The molecule has 0 bridgehead atoms. The number of allylic oxidation sites excluding steroid dienone is 6. The summed E-state index contributed by atoms with van der Waals surface area (Å²) in [5.74, 6) is -0.375. The van der Waals surface area contributed by atoms with Crippen LogP contribution in [0.2, 0.25) is 0 Å². The number of hydrogen-bond donors (Lipinski definition) is 7. The van der Waals surface area contributed by atoms with Crippen LogP contribution in [0.4, 0.5) is 0 Å². The van der Waals surface area contributed by atoms with Crippen LogP contribution in [0.25, 0.3) is 0 Å². The van der Waals surface area contributed by atoms with Crippen LogP contribution in [0, 0.1) is 0 Å². The molecule has 2 aliphatic rings. The highest BCUT2D eigenvalue weighted by Gasteiger charge is 2.47. The number of carbonyl (C=O) groups is 1. The van der Waals surface area contributed by atoms with Crippen LogP contribution in [0.15, 0.2) is 36.5 Å². The minimum absolute atomic E-state index is 0.0626. The van der Waals surface area contributed by atoms with Gasteiger partial charge >= 0.3 is 5.97 Å². The summed E-state index contributed by atoms with van der Waals surface area (Å²) in [6.07, 6.45) is 37.8. The fraction of sp³-hybridized carbons (Fsp3) is 0.881. The summed E-state index contributed by atoms with van der Waals surface area (Å²) >= 11 is 0. The van der Waals surface area contributed by atoms with Crippen molar-refractivity contribution in [1.29, 1.82) is 0 Å². The topological polar surface area (TPSA) is 214 Å². The summed E-state index contributed by atoms with van der Waals surface area (Å²) in [5, 5.41) is 72.3. The van der Waals surface area contributed by atoms with Crippen molar-refractivity contribution in [3.8, 4) is 0 Å². The molecular weight excluding hydrogens is 933 g/mol. The number of carbonyl (C=O) groups excluding carboxylic acids is 1. The first kappa shape index (κ1) is 67.3. The number of esters is 1. The molecule has 11 atom stereocenters. The maximum Gasteiger partial charge on any atom is 0.306 e. The van der Waals surface area contributed by atoms with Crippen LogP contribution in [-0.2, 0) is 33.2 Å². The second-order valence-corrected chi connectivity index (χ2v) is 20.8. The number of ether oxygens (including phenoxy) is 6. The Morgan fingerprint density at radius 2 is 0.849 bits per heavy atom. The largest absolute Gasteiger partial charge is 0.457 e. The Balaban J connectivity index is 1.67. The summed E-state index contributed by atoms with van der Waals surface area (Å²) < 4.78 is 34.4. The lowest BCUT2D eigenvalue weighted by molar-refractivity contribution is -0.332. The first-order valence-corrected chi connectivity index (χ1v) is 29.6. The van der Waals surface area contributed by atoms with Gasteiger partial charge in [-0.05, 0) is 51.4 Å². The molecule has 0 spiro atoms. The van der Waals surface area contributed by atoms with Crippen molar-refractivity contribution < 1.29 is 69.0 Å². The summed E-state index contributed by atoms with van der Waals surface area (Å²) in [7, 11) is 0. The van der Waals surface area contributed by atoms with Crippen molar-refractivity contribution in [3.63, 3.8) is 0 Å². The fourth-order valence-corrected chi connectivity index (χ4v) is 9.35. The fourth-order valence-electron chi connectivity index (χ4n) is 9.35. The van der Waals surface area contributed by atoms with Crippen molar-refractivity contribution in [2.75, 3.05) is 33.0 Å². The van der Waals surface area contributed by atoms with Gasteiger partial charge in [0.1, 0.15) is 54.9 Å². The van der Waals surface area contributed by atoms with E-state index in [1.807, 2.05) is 0 Å². The van der Waals surface area contributed by atoms with Crippen molar-refractivity contribution >= 4 is 5.97 Å². The molecule has 14 nitrogen and oxygen atoms in total. The molecule has 428 valence electrons. The highest BCUT2D eigenvalue weighted by molar-refractivity contribution is 5.69. The second kappa shape index (κ2) is 46.3. The van der Waals surface area contributed by atoms with Gasteiger partial charge in [0.05, 0.1) is 26.4 Å². The van der Waals surface area contributed by atoms with E-state index >= 15 is 0 Å². The quantitative estimate of drug-likeness (QED) is 0.0172. The van der Waals surface area contributed by atoms with Gasteiger partial charge in [0.15, 0.2) is 12.6 Å². The Morgan fingerprint density at radius 3 is 1.33 bits per heavy atom. The van der Waals surface area contributed by atoms with Crippen LogP contribution in [-0.4, -0.2) is 142 Å². The molecule has 0 saturated carbocycles. The van der Waals surface area contributed by atoms with Gasteiger partial charge in [0.25, 0.3) is 0 Å². The summed E-state index contributed by atoms with van der Waals surface area (Å²) in [4.78, 5) is 13.0. The maximum atomic E-state index is 13.0. The Morgan fingerprint density at radius 1 is 0.452 bits per heavy atom. The lowest BCUT2D eigenvalue weighted by Gasteiger charge is -2.42. The molecule has 2 heterocycles. The molecule has 0 aromatic rings. The molecule has 7 N–H and O–H groups in total. The molecule has 11 unspecified atom stereocenters. The Kier molecular flexibility index (Phi) is 42.7. The third-order valence-corrected chi connectivity index (χ3v) is 14.2. The molecule has 2 fully saturated rings. The van der Waals surface area contributed by atoms with Crippen LogP contribution < -0.4 is 0 Å². The van der Waals surface area contributed by atoms with Crippen LogP contribution in [0.1, 0.15) is 232 Å². The minimum atomic E-state index is -1.71. The van der Waals surface area contributed by atoms with Crippen molar-refractivity contribution in [2.24, 2.45) is 0 Å². The van der Waals surface area contributed by atoms with E-state index in [0.717, 1.165) is 51.4 Å². The van der Waals surface area contributed by atoms with E-state index in [4.69, 9.17) is 28.4 Å². The van der Waals surface area contributed by atoms with Gasteiger partial charge in [-0.3, -0.25) is 4.79 Å². The first-order chi connectivity index (χ1) is 35.6. The molecular formula is C59H108O14. The minimum Gasteiger partial charge on any atom is -0.457 e. The second-order valence-electron chi connectivity index (χ2n) is 20.8. The molecule has 73 heavy (non-hydrogen) atoms. The third-order valence-electron chi connectivity index (χ3n) is 14.2. The number of aliphatic hydroxyl groups is 7. The third kappa shape index (κ3) is 33.2. The van der Waals surface area contributed by atoms with Gasteiger partial charge in [0, 0.05) is 13.0 Å². The van der Waals surface area contributed by atoms with E-state index in [1.165, 1.54) is 154 Å². The van der Waals surface area contributed by atoms with E-state index < -0.39 is 80.7 Å². The normalized spacial score (nSPS) is 25.2. The summed E-state index contributed by atoms with van der Waals surface area (Å²) in [5.41, 5.74) is 0. The first-order valence-electron chi connectivity index (χ1n) is 29.6. The summed E-state index contributed by atoms with van der Waals surface area (Å²) in [6, 6.07) is 0. The Labute approximate surface area is 442 Å². The number of unbranched alkanes of at least 4 members (excludes halogenated alkanes) is 28.